The minimum absolute atomic E-state index is 0. The lowest BCUT2D eigenvalue weighted by atomic mass is 10.0. The molecule has 1 N–H and O–H groups in total. The van der Waals surface area contributed by atoms with Gasteiger partial charge in [-0.2, -0.15) is 0 Å². The summed E-state index contributed by atoms with van der Waals surface area (Å²) in [5.74, 6) is 0.0638. The molecule has 0 spiro atoms. The van der Waals surface area contributed by atoms with Gasteiger partial charge >= 0.3 is 0 Å². The van der Waals surface area contributed by atoms with E-state index in [-0.39, 0.29) is 24.4 Å². The maximum Gasteiger partial charge on any atom is 0.254 e. The largest absolute Gasteiger partial charge is 0.329 e. The maximum absolute atomic E-state index is 12.8. The summed E-state index contributed by atoms with van der Waals surface area (Å²) in [6.45, 7) is 2.26. The van der Waals surface area contributed by atoms with E-state index in [1.807, 2.05) is 53.4 Å². The third-order valence-electron chi connectivity index (χ3n) is 3.85. The third-order valence-corrected chi connectivity index (χ3v) is 4.63. The monoisotopic (exact) mass is 414 g/mol. The average molecular weight is 416 g/mol. The van der Waals surface area contributed by atoms with Gasteiger partial charge < -0.3 is 10.2 Å². The summed E-state index contributed by atoms with van der Waals surface area (Å²) in [6, 6.07) is 15.2. The van der Waals surface area contributed by atoms with Crippen molar-refractivity contribution in [1.82, 2.24) is 10.2 Å². The van der Waals surface area contributed by atoms with Gasteiger partial charge in [-0.1, -0.05) is 39.7 Å². The van der Waals surface area contributed by atoms with Gasteiger partial charge in [0.1, 0.15) is 0 Å². The van der Waals surface area contributed by atoms with Gasteiger partial charge in [0.15, 0.2) is 0 Å². The SMILES string of the molecule is Cl.O=C(c1ccc(Br)cc1)N1CCNC[C@@H]1c1ccc(Cl)cc1. The molecule has 23 heavy (non-hydrogen) atoms. The molecule has 3 rings (SSSR count). The summed E-state index contributed by atoms with van der Waals surface area (Å²) in [5, 5.41) is 4.07. The average Bonchev–Trinajstić information content (AvgIpc) is 2.56. The second kappa shape index (κ2) is 8.15. The standard InChI is InChI=1S/C17H16BrClN2O.ClH/c18-14-5-1-13(2-6-14)17(22)21-10-9-20-11-16(21)12-3-7-15(19)8-4-12;/h1-8,16,20H,9-11H2;1H/t16-;/m1./s1. The molecule has 3 nitrogen and oxygen atoms in total. The van der Waals surface area contributed by atoms with Gasteiger partial charge in [-0.3, -0.25) is 4.79 Å². The smallest absolute Gasteiger partial charge is 0.254 e. The molecule has 6 heteroatoms. The van der Waals surface area contributed by atoms with Crippen LogP contribution >= 0.6 is 39.9 Å². The number of hydrogen-bond donors (Lipinski definition) is 1. The molecule has 1 fully saturated rings. The summed E-state index contributed by atoms with van der Waals surface area (Å²) < 4.78 is 0.971. The van der Waals surface area contributed by atoms with Crippen LogP contribution in [0.2, 0.25) is 5.02 Å². The highest BCUT2D eigenvalue weighted by Gasteiger charge is 2.28. The van der Waals surface area contributed by atoms with Crippen LogP contribution in [0.1, 0.15) is 22.0 Å². The zero-order valence-electron chi connectivity index (χ0n) is 12.3. The van der Waals surface area contributed by atoms with Crippen molar-refractivity contribution in [3.8, 4) is 0 Å². The highest BCUT2D eigenvalue weighted by molar-refractivity contribution is 9.10. The van der Waals surface area contributed by atoms with E-state index in [0.29, 0.717) is 17.1 Å². The Hall–Kier alpha value is -1.07. The quantitative estimate of drug-likeness (QED) is 0.792. The fourth-order valence-corrected chi connectivity index (χ4v) is 3.08. The molecular weight excluding hydrogens is 399 g/mol. The van der Waals surface area contributed by atoms with Crippen LogP contribution in [-0.2, 0) is 0 Å². The molecule has 1 aliphatic rings. The molecule has 0 aliphatic carbocycles. The van der Waals surface area contributed by atoms with Gasteiger partial charge in [-0.15, -0.1) is 12.4 Å². The summed E-state index contributed by atoms with van der Waals surface area (Å²) in [7, 11) is 0. The Morgan fingerprint density at radius 3 is 2.43 bits per heavy atom. The second-order valence-electron chi connectivity index (χ2n) is 5.28. The molecule has 1 saturated heterocycles. The molecular formula is C17H17BrCl2N2O. The Balaban J connectivity index is 0.00000192. The number of benzene rings is 2. The van der Waals surface area contributed by atoms with Crippen LogP contribution in [0.25, 0.3) is 0 Å². The number of nitrogens with one attached hydrogen (secondary N) is 1. The molecule has 0 bridgehead atoms. The fourth-order valence-electron chi connectivity index (χ4n) is 2.69. The van der Waals surface area contributed by atoms with Crippen molar-refractivity contribution in [2.75, 3.05) is 19.6 Å². The molecule has 1 heterocycles. The Kier molecular flexibility index (Phi) is 6.48. The van der Waals surface area contributed by atoms with Gasteiger partial charge in [0, 0.05) is 34.7 Å². The molecule has 2 aromatic rings. The first-order chi connectivity index (χ1) is 10.6. The van der Waals surface area contributed by atoms with E-state index >= 15 is 0 Å². The van der Waals surface area contributed by atoms with Crippen molar-refractivity contribution in [2.24, 2.45) is 0 Å². The molecule has 0 radical (unpaired) electrons. The third kappa shape index (κ3) is 4.27. The van der Waals surface area contributed by atoms with Crippen LogP contribution in [0, 0.1) is 0 Å². The Morgan fingerprint density at radius 1 is 1.13 bits per heavy atom. The number of piperazine rings is 1. The molecule has 1 atom stereocenters. The number of hydrogen-bond acceptors (Lipinski definition) is 2. The van der Waals surface area contributed by atoms with Gasteiger partial charge in [0.2, 0.25) is 0 Å². The Bertz CT molecular complexity index is 661. The van der Waals surface area contributed by atoms with E-state index in [9.17, 15) is 4.79 Å². The zero-order chi connectivity index (χ0) is 15.5. The van der Waals surface area contributed by atoms with Crippen molar-refractivity contribution < 1.29 is 4.79 Å². The van der Waals surface area contributed by atoms with Gasteiger partial charge in [-0.25, -0.2) is 0 Å². The molecule has 1 amide bonds. The predicted molar refractivity (Wildman–Crippen MR) is 99.5 cm³/mol. The van der Waals surface area contributed by atoms with Crippen molar-refractivity contribution >= 4 is 45.8 Å². The lowest BCUT2D eigenvalue weighted by Crippen LogP contribution is -2.48. The van der Waals surface area contributed by atoms with E-state index in [1.165, 1.54) is 0 Å². The van der Waals surface area contributed by atoms with Crippen LogP contribution in [-0.4, -0.2) is 30.4 Å². The van der Waals surface area contributed by atoms with Crippen LogP contribution < -0.4 is 5.32 Å². The van der Waals surface area contributed by atoms with Crippen molar-refractivity contribution in [3.05, 3.63) is 69.2 Å². The van der Waals surface area contributed by atoms with Gasteiger partial charge in [0.25, 0.3) is 5.91 Å². The first kappa shape index (κ1) is 18.3. The number of rotatable bonds is 2. The molecule has 122 valence electrons. The molecule has 0 unspecified atom stereocenters. The van der Waals surface area contributed by atoms with E-state index in [1.54, 1.807) is 0 Å². The van der Waals surface area contributed by atoms with E-state index in [4.69, 9.17) is 11.6 Å². The Labute approximate surface area is 155 Å². The highest BCUT2D eigenvalue weighted by atomic mass is 79.9. The van der Waals surface area contributed by atoms with Crippen LogP contribution in [0.15, 0.2) is 53.0 Å². The van der Waals surface area contributed by atoms with E-state index < -0.39 is 0 Å². The first-order valence-corrected chi connectivity index (χ1v) is 8.35. The summed E-state index contributed by atoms with van der Waals surface area (Å²) >= 11 is 9.36. The maximum atomic E-state index is 12.8. The number of carbonyl (C=O) groups is 1. The van der Waals surface area contributed by atoms with Gasteiger partial charge in [-0.05, 0) is 42.0 Å². The molecule has 0 aromatic heterocycles. The lowest BCUT2D eigenvalue weighted by Gasteiger charge is -2.36. The minimum Gasteiger partial charge on any atom is -0.329 e. The lowest BCUT2D eigenvalue weighted by molar-refractivity contribution is 0.0634. The number of carbonyl (C=O) groups excluding carboxylic acids is 1. The number of amides is 1. The molecule has 0 saturated carbocycles. The second-order valence-corrected chi connectivity index (χ2v) is 6.63. The van der Waals surface area contributed by atoms with E-state index in [2.05, 4.69) is 21.2 Å². The van der Waals surface area contributed by atoms with Crippen molar-refractivity contribution in [2.45, 2.75) is 6.04 Å². The fraction of sp³-hybridized carbons (Fsp3) is 0.235. The van der Waals surface area contributed by atoms with Crippen molar-refractivity contribution in [1.29, 1.82) is 0 Å². The summed E-state index contributed by atoms with van der Waals surface area (Å²) in [4.78, 5) is 14.8. The van der Waals surface area contributed by atoms with Crippen LogP contribution in [0.3, 0.4) is 0 Å². The van der Waals surface area contributed by atoms with Gasteiger partial charge in [0.05, 0.1) is 6.04 Å². The first-order valence-electron chi connectivity index (χ1n) is 7.18. The van der Waals surface area contributed by atoms with Crippen molar-refractivity contribution in [3.63, 3.8) is 0 Å². The highest BCUT2D eigenvalue weighted by Crippen LogP contribution is 2.25. The summed E-state index contributed by atoms with van der Waals surface area (Å²) in [5.41, 5.74) is 1.81. The van der Waals surface area contributed by atoms with Crippen LogP contribution in [0.5, 0.6) is 0 Å². The normalized spacial score (nSPS) is 17.5. The summed E-state index contributed by atoms with van der Waals surface area (Å²) in [6.07, 6.45) is 0. The molecule has 2 aromatic carbocycles. The van der Waals surface area contributed by atoms with E-state index in [0.717, 1.165) is 23.1 Å². The topological polar surface area (TPSA) is 32.3 Å². The molecule has 1 aliphatic heterocycles. The zero-order valence-corrected chi connectivity index (χ0v) is 15.5. The van der Waals surface area contributed by atoms with Crippen LogP contribution in [0.4, 0.5) is 0 Å². The number of halogens is 3. The predicted octanol–water partition coefficient (Wildman–Crippen LogP) is 4.31. The minimum atomic E-state index is 0. The number of nitrogens with zero attached hydrogens (tertiary/aromatic N) is 1. The Morgan fingerprint density at radius 2 is 1.78 bits per heavy atom.